The van der Waals surface area contributed by atoms with E-state index in [2.05, 4.69) is 17.4 Å². The van der Waals surface area contributed by atoms with Gasteiger partial charge in [0, 0.05) is 17.6 Å². The molecule has 0 spiro atoms. The minimum atomic E-state index is -3.79. The van der Waals surface area contributed by atoms with Crippen molar-refractivity contribution in [2.75, 3.05) is 17.1 Å². The van der Waals surface area contributed by atoms with Crippen molar-refractivity contribution in [1.82, 2.24) is 10.2 Å². The highest BCUT2D eigenvalue weighted by molar-refractivity contribution is 7.92. The molecule has 44 heavy (non-hydrogen) atoms. The van der Waals surface area contributed by atoms with Crippen LogP contribution in [0.1, 0.15) is 88.7 Å². The van der Waals surface area contributed by atoms with E-state index < -0.39 is 28.5 Å². The molecule has 5 aliphatic carbocycles. The lowest BCUT2D eigenvalue weighted by atomic mass is 9.48. The predicted octanol–water partition coefficient (Wildman–Crippen LogP) is 6.44. The molecular formula is C35H46ClN3O4S. The summed E-state index contributed by atoms with van der Waals surface area (Å²) in [5.41, 5.74) is 2.66. The molecule has 7 rings (SSSR count). The number of carbonyl (C=O) groups is 2. The van der Waals surface area contributed by atoms with E-state index >= 15 is 0 Å². The summed E-state index contributed by atoms with van der Waals surface area (Å²) in [6.07, 6.45) is 14.1. The van der Waals surface area contributed by atoms with Gasteiger partial charge in [-0.05, 0) is 111 Å². The summed E-state index contributed by atoms with van der Waals surface area (Å²) in [5.74, 6) is 1.75. The van der Waals surface area contributed by atoms with Crippen LogP contribution in [0.5, 0.6) is 0 Å². The van der Waals surface area contributed by atoms with Crippen molar-refractivity contribution in [3.63, 3.8) is 0 Å². The molecule has 0 aliphatic heterocycles. The standard InChI is InChI=1S/C35H46ClN3O4S/c1-24(34(41)37-30-9-4-3-5-10-30)38(22-28-8-6-7-11-32(28)36)33(40)23-39(44(2,42)43)31-14-12-29(13-15-31)35-19-25-16-26(20-35)18-27(17-25)21-35/h6-8,11-15,24-27,30H,3-5,9-10,16-23H2,1-2H3,(H,37,41)/t24-,25?,26?,27?,35?/m0/s1. The average Bonchev–Trinajstić information content (AvgIpc) is 2.98. The monoisotopic (exact) mass is 639 g/mol. The molecule has 4 bridgehead atoms. The molecule has 1 atom stereocenters. The van der Waals surface area contributed by atoms with E-state index in [0.717, 1.165) is 49.7 Å². The number of amides is 2. The fourth-order valence-corrected chi connectivity index (χ4v) is 10.1. The predicted molar refractivity (Wildman–Crippen MR) is 175 cm³/mol. The van der Waals surface area contributed by atoms with E-state index in [4.69, 9.17) is 11.6 Å². The van der Waals surface area contributed by atoms with E-state index in [1.54, 1.807) is 13.0 Å². The number of hydrogen-bond acceptors (Lipinski definition) is 4. The minimum absolute atomic E-state index is 0.0935. The fourth-order valence-electron chi connectivity index (χ4n) is 9.02. The number of nitrogens with zero attached hydrogens (tertiary/aromatic N) is 2. The minimum Gasteiger partial charge on any atom is -0.352 e. The van der Waals surface area contributed by atoms with Crippen molar-refractivity contribution in [3.05, 3.63) is 64.7 Å². The molecule has 1 N–H and O–H groups in total. The third-order valence-electron chi connectivity index (χ3n) is 10.9. The maximum atomic E-state index is 14.0. The summed E-state index contributed by atoms with van der Waals surface area (Å²) >= 11 is 6.47. The molecule has 7 nitrogen and oxygen atoms in total. The van der Waals surface area contributed by atoms with Crippen LogP contribution in [-0.2, 0) is 31.6 Å². The van der Waals surface area contributed by atoms with Gasteiger partial charge in [-0.25, -0.2) is 8.42 Å². The van der Waals surface area contributed by atoms with Gasteiger partial charge >= 0.3 is 0 Å². The molecule has 0 aromatic heterocycles. The highest BCUT2D eigenvalue weighted by Crippen LogP contribution is 2.60. The zero-order chi connectivity index (χ0) is 31.1. The van der Waals surface area contributed by atoms with Gasteiger partial charge in [-0.2, -0.15) is 0 Å². The van der Waals surface area contributed by atoms with Crippen molar-refractivity contribution in [2.45, 2.75) is 102 Å². The first-order valence-corrected chi connectivity index (χ1v) is 18.6. The SMILES string of the molecule is C[C@@H](C(=O)NC1CCCCC1)N(Cc1ccccc1Cl)C(=O)CN(c1ccc(C23CC4CC(CC(C4)C2)C3)cc1)S(C)(=O)=O. The van der Waals surface area contributed by atoms with E-state index in [0.29, 0.717) is 16.3 Å². The summed E-state index contributed by atoms with van der Waals surface area (Å²) in [7, 11) is -3.79. The smallest absolute Gasteiger partial charge is 0.244 e. The van der Waals surface area contributed by atoms with E-state index in [1.807, 2.05) is 30.3 Å². The molecule has 0 unspecified atom stereocenters. The van der Waals surface area contributed by atoms with Crippen LogP contribution in [0.15, 0.2) is 48.5 Å². The number of halogens is 1. The lowest BCUT2D eigenvalue weighted by Gasteiger charge is -2.57. The molecular weight excluding hydrogens is 594 g/mol. The quantitative estimate of drug-likeness (QED) is 0.324. The topological polar surface area (TPSA) is 86.8 Å². The Bertz CT molecular complexity index is 1440. The van der Waals surface area contributed by atoms with Crippen molar-refractivity contribution in [3.8, 4) is 0 Å². The van der Waals surface area contributed by atoms with Gasteiger partial charge in [-0.15, -0.1) is 0 Å². The average molecular weight is 640 g/mol. The van der Waals surface area contributed by atoms with Crippen LogP contribution in [0.25, 0.3) is 0 Å². The van der Waals surface area contributed by atoms with Crippen LogP contribution in [-0.4, -0.2) is 50.0 Å². The summed E-state index contributed by atoms with van der Waals surface area (Å²) in [6.45, 7) is 1.40. The third-order valence-corrected chi connectivity index (χ3v) is 12.4. The fraction of sp³-hybridized carbons (Fsp3) is 0.600. The van der Waals surface area contributed by atoms with Gasteiger partial charge in [0.2, 0.25) is 21.8 Å². The van der Waals surface area contributed by atoms with Crippen molar-refractivity contribution >= 4 is 39.1 Å². The Hall–Kier alpha value is -2.58. The molecule has 2 aromatic rings. The number of carbonyl (C=O) groups excluding carboxylic acids is 2. The van der Waals surface area contributed by atoms with Gasteiger partial charge < -0.3 is 10.2 Å². The van der Waals surface area contributed by atoms with Gasteiger partial charge in [0.15, 0.2) is 0 Å². The first kappa shape index (κ1) is 31.4. The maximum absolute atomic E-state index is 14.0. The summed E-state index contributed by atoms with van der Waals surface area (Å²) < 4.78 is 27.4. The third kappa shape index (κ3) is 6.67. The second-order valence-electron chi connectivity index (χ2n) is 14.1. The van der Waals surface area contributed by atoms with Crippen molar-refractivity contribution in [2.24, 2.45) is 17.8 Å². The Balaban J connectivity index is 1.23. The maximum Gasteiger partial charge on any atom is 0.244 e. The zero-order valence-corrected chi connectivity index (χ0v) is 27.6. The van der Waals surface area contributed by atoms with Crippen LogP contribution in [0.3, 0.4) is 0 Å². The number of anilines is 1. The Morgan fingerprint density at radius 1 is 0.932 bits per heavy atom. The number of rotatable bonds is 10. The second-order valence-corrected chi connectivity index (χ2v) is 16.5. The van der Waals surface area contributed by atoms with E-state index in [-0.39, 0.29) is 23.9 Å². The van der Waals surface area contributed by atoms with Gasteiger partial charge in [-0.3, -0.25) is 13.9 Å². The van der Waals surface area contributed by atoms with E-state index in [9.17, 15) is 18.0 Å². The normalized spacial score (nSPS) is 27.1. The molecule has 238 valence electrons. The number of nitrogens with one attached hydrogen (secondary N) is 1. The highest BCUT2D eigenvalue weighted by atomic mass is 35.5. The molecule has 9 heteroatoms. The molecule has 5 fully saturated rings. The van der Waals surface area contributed by atoms with E-state index in [1.165, 1.54) is 59.7 Å². The molecule has 0 saturated heterocycles. The summed E-state index contributed by atoms with van der Waals surface area (Å²) in [4.78, 5) is 28.9. The summed E-state index contributed by atoms with van der Waals surface area (Å²) in [5, 5.41) is 3.62. The Labute approximate surface area is 267 Å². The van der Waals surface area contributed by atoms with Gasteiger partial charge in [0.05, 0.1) is 11.9 Å². The number of hydrogen-bond donors (Lipinski definition) is 1. The van der Waals surface area contributed by atoms with Crippen LogP contribution < -0.4 is 9.62 Å². The van der Waals surface area contributed by atoms with Crippen molar-refractivity contribution in [1.29, 1.82) is 0 Å². The Kier molecular flexibility index (Phi) is 9.04. The molecule has 5 saturated carbocycles. The van der Waals surface area contributed by atoms with Crippen LogP contribution in [0, 0.1) is 17.8 Å². The number of sulfonamides is 1. The molecule has 0 radical (unpaired) electrons. The highest BCUT2D eigenvalue weighted by Gasteiger charge is 2.51. The Morgan fingerprint density at radius 2 is 1.52 bits per heavy atom. The zero-order valence-electron chi connectivity index (χ0n) is 26.0. The van der Waals surface area contributed by atoms with Crippen molar-refractivity contribution < 1.29 is 18.0 Å². The first-order valence-electron chi connectivity index (χ1n) is 16.4. The molecule has 2 amide bonds. The largest absolute Gasteiger partial charge is 0.352 e. The molecule has 5 aliphatic rings. The number of benzene rings is 2. The molecule has 2 aromatic carbocycles. The molecule has 0 heterocycles. The lowest BCUT2D eigenvalue weighted by molar-refractivity contribution is -0.139. The van der Waals surface area contributed by atoms with Crippen LogP contribution in [0.2, 0.25) is 5.02 Å². The van der Waals surface area contributed by atoms with Gasteiger partial charge in [0.25, 0.3) is 0 Å². The summed E-state index contributed by atoms with van der Waals surface area (Å²) in [6, 6.07) is 14.4. The van der Waals surface area contributed by atoms with Gasteiger partial charge in [-0.1, -0.05) is 61.2 Å². The van der Waals surface area contributed by atoms with Crippen LogP contribution >= 0.6 is 11.6 Å². The van der Waals surface area contributed by atoms with Crippen LogP contribution in [0.4, 0.5) is 5.69 Å². The lowest BCUT2D eigenvalue weighted by Crippen LogP contribution is -2.53. The first-order chi connectivity index (χ1) is 21.0. The van der Waals surface area contributed by atoms with Gasteiger partial charge in [0.1, 0.15) is 12.6 Å². The Morgan fingerprint density at radius 3 is 2.09 bits per heavy atom. The second kappa shape index (κ2) is 12.7.